The molecule has 0 spiro atoms. The SMILES string of the molecule is CNCCC(N)c1ccc2c(c1)NC(=O)CO2. The van der Waals surface area contributed by atoms with Gasteiger partial charge < -0.3 is 21.1 Å². The quantitative estimate of drug-likeness (QED) is 0.715. The average Bonchev–Trinajstić information content (AvgIpc) is 2.35. The van der Waals surface area contributed by atoms with E-state index < -0.39 is 0 Å². The summed E-state index contributed by atoms with van der Waals surface area (Å²) >= 11 is 0. The lowest BCUT2D eigenvalue weighted by Crippen LogP contribution is -2.26. The Labute approximate surface area is 100 Å². The molecule has 1 aliphatic rings. The third kappa shape index (κ3) is 2.75. The van der Waals surface area contributed by atoms with Crippen molar-refractivity contribution >= 4 is 11.6 Å². The molecular formula is C12H17N3O2. The van der Waals surface area contributed by atoms with E-state index in [1.54, 1.807) is 0 Å². The standard InChI is InChI=1S/C12H17N3O2/c1-14-5-4-9(13)8-2-3-11-10(6-8)15-12(16)7-17-11/h2-3,6,9,14H,4-5,7,13H2,1H3,(H,15,16). The molecule has 1 aromatic carbocycles. The first-order chi connectivity index (χ1) is 8.20. The largest absolute Gasteiger partial charge is 0.482 e. The van der Waals surface area contributed by atoms with Gasteiger partial charge in [-0.05, 0) is 37.7 Å². The summed E-state index contributed by atoms with van der Waals surface area (Å²) in [5.74, 6) is 0.576. The van der Waals surface area contributed by atoms with Gasteiger partial charge in [0.05, 0.1) is 5.69 Å². The number of carbonyl (C=O) groups is 1. The highest BCUT2D eigenvalue weighted by Crippen LogP contribution is 2.30. The van der Waals surface area contributed by atoms with Gasteiger partial charge in [-0.25, -0.2) is 0 Å². The van der Waals surface area contributed by atoms with Crippen molar-refractivity contribution in [3.8, 4) is 5.75 Å². The highest BCUT2D eigenvalue weighted by atomic mass is 16.5. The van der Waals surface area contributed by atoms with Gasteiger partial charge in [-0.15, -0.1) is 0 Å². The second-order valence-electron chi connectivity index (χ2n) is 4.09. The molecule has 0 aliphatic carbocycles. The molecule has 0 saturated heterocycles. The van der Waals surface area contributed by atoms with E-state index >= 15 is 0 Å². The molecule has 0 saturated carbocycles. The van der Waals surface area contributed by atoms with Crippen LogP contribution >= 0.6 is 0 Å². The van der Waals surface area contributed by atoms with Crippen molar-refractivity contribution < 1.29 is 9.53 Å². The highest BCUT2D eigenvalue weighted by Gasteiger charge is 2.17. The van der Waals surface area contributed by atoms with Crippen molar-refractivity contribution in [1.29, 1.82) is 0 Å². The molecule has 1 aromatic rings. The third-order valence-electron chi connectivity index (χ3n) is 2.77. The van der Waals surface area contributed by atoms with Gasteiger partial charge in [0.2, 0.25) is 0 Å². The van der Waals surface area contributed by atoms with Crippen molar-refractivity contribution in [1.82, 2.24) is 5.32 Å². The first-order valence-electron chi connectivity index (χ1n) is 5.67. The lowest BCUT2D eigenvalue weighted by atomic mass is 10.0. The van der Waals surface area contributed by atoms with Crippen molar-refractivity contribution in [2.75, 3.05) is 25.5 Å². The van der Waals surface area contributed by atoms with Gasteiger partial charge in [0.1, 0.15) is 5.75 Å². The van der Waals surface area contributed by atoms with Crippen LogP contribution in [-0.4, -0.2) is 26.1 Å². The molecule has 5 heteroatoms. The van der Waals surface area contributed by atoms with E-state index in [2.05, 4.69) is 10.6 Å². The van der Waals surface area contributed by atoms with Crippen LogP contribution in [-0.2, 0) is 4.79 Å². The summed E-state index contributed by atoms with van der Waals surface area (Å²) in [4.78, 5) is 11.2. The molecule has 2 rings (SSSR count). The monoisotopic (exact) mass is 235 g/mol. The number of amides is 1. The Morgan fingerprint density at radius 2 is 2.41 bits per heavy atom. The Kier molecular flexibility index (Phi) is 3.61. The second-order valence-corrected chi connectivity index (χ2v) is 4.09. The number of nitrogens with two attached hydrogens (primary N) is 1. The molecule has 0 radical (unpaired) electrons. The fraction of sp³-hybridized carbons (Fsp3) is 0.417. The Morgan fingerprint density at radius 1 is 1.59 bits per heavy atom. The summed E-state index contributed by atoms with van der Waals surface area (Å²) < 4.78 is 5.29. The summed E-state index contributed by atoms with van der Waals surface area (Å²) in [5, 5.41) is 5.84. The maximum absolute atomic E-state index is 11.2. The van der Waals surface area contributed by atoms with E-state index in [1.807, 2.05) is 25.2 Å². The number of benzene rings is 1. The summed E-state index contributed by atoms with van der Waals surface area (Å²) in [6.07, 6.45) is 0.851. The van der Waals surface area contributed by atoms with Gasteiger partial charge in [0.25, 0.3) is 5.91 Å². The van der Waals surface area contributed by atoms with Crippen LogP contribution < -0.4 is 21.1 Å². The van der Waals surface area contributed by atoms with Crippen molar-refractivity contribution in [2.45, 2.75) is 12.5 Å². The molecule has 1 aliphatic heterocycles. The Hall–Kier alpha value is -1.59. The molecule has 0 aromatic heterocycles. The second kappa shape index (κ2) is 5.16. The molecule has 92 valence electrons. The van der Waals surface area contributed by atoms with Crippen molar-refractivity contribution in [3.05, 3.63) is 23.8 Å². The molecule has 1 heterocycles. The van der Waals surface area contributed by atoms with Crippen LogP contribution in [0.25, 0.3) is 0 Å². The van der Waals surface area contributed by atoms with Crippen LogP contribution in [0, 0.1) is 0 Å². The third-order valence-corrected chi connectivity index (χ3v) is 2.77. The highest BCUT2D eigenvalue weighted by molar-refractivity contribution is 5.95. The zero-order valence-corrected chi connectivity index (χ0v) is 9.82. The van der Waals surface area contributed by atoms with E-state index in [0.717, 1.165) is 18.5 Å². The van der Waals surface area contributed by atoms with Gasteiger partial charge in [-0.1, -0.05) is 6.07 Å². The lowest BCUT2D eigenvalue weighted by molar-refractivity contribution is -0.118. The minimum Gasteiger partial charge on any atom is -0.482 e. The van der Waals surface area contributed by atoms with Crippen LogP contribution in [0.1, 0.15) is 18.0 Å². The smallest absolute Gasteiger partial charge is 0.262 e. The summed E-state index contributed by atoms with van der Waals surface area (Å²) in [6, 6.07) is 5.64. The molecule has 17 heavy (non-hydrogen) atoms. The zero-order valence-electron chi connectivity index (χ0n) is 9.82. The van der Waals surface area contributed by atoms with Gasteiger partial charge in [0, 0.05) is 6.04 Å². The molecule has 1 amide bonds. The molecule has 5 nitrogen and oxygen atoms in total. The van der Waals surface area contributed by atoms with E-state index in [9.17, 15) is 4.79 Å². The number of fused-ring (bicyclic) bond motifs is 1. The van der Waals surface area contributed by atoms with Gasteiger partial charge in [0.15, 0.2) is 6.61 Å². The first kappa shape index (κ1) is 11.9. The van der Waals surface area contributed by atoms with Crippen LogP contribution in [0.2, 0.25) is 0 Å². The molecule has 1 unspecified atom stereocenters. The Morgan fingerprint density at radius 3 is 3.18 bits per heavy atom. The zero-order chi connectivity index (χ0) is 12.3. The number of hydrogen-bond donors (Lipinski definition) is 3. The predicted octanol–water partition coefficient (Wildman–Crippen LogP) is 0.627. The van der Waals surface area contributed by atoms with E-state index in [1.165, 1.54) is 0 Å². The maximum Gasteiger partial charge on any atom is 0.262 e. The predicted molar refractivity (Wildman–Crippen MR) is 66.0 cm³/mol. The minimum atomic E-state index is -0.126. The average molecular weight is 235 g/mol. The Balaban J connectivity index is 2.14. The number of anilines is 1. The van der Waals surface area contributed by atoms with Crippen molar-refractivity contribution in [3.63, 3.8) is 0 Å². The molecule has 4 N–H and O–H groups in total. The van der Waals surface area contributed by atoms with E-state index in [0.29, 0.717) is 11.4 Å². The number of nitrogens with one attached hydrogen (secondary N) is 2. The van der Waals surface area contributed by atoms with Crippen LogP contribution in [0.15, 0.2) is 18.2 Å². The summed E-state index contributed by atoms with van der Waals surface area (Å²) in [7, 11) is 1.90. The Bertz CT molecular complexity index is 420. The van der Waals surface area contributed by atoms with Gasteiger partial charge in [-0.3, -0.25) is 4.79 Å². The maximum atomic E-state index is 11.2. The number of hydrogen-bond acceptors (Lipinski definition) is 4. The fourth-order valence-corrected chi connectivity index (χ4v) is 1.80. The lowest BCUT2D eigenvalue weighted by Gasteiger charge is -2.20. The van der Waals surface area contributed by atoms with E-state index in [-0.39, 0.29) is 18.6 Å². The van der Waals surface area contributed by atoms with Gasteiger partial charge in [-0.2, -0.15) is 0 Å². The summed E-state index contributed by atoms with van der Waals surface area (Å²) in [5.41, 5.74) is 7.77. The number of carbonyl (C=O) groups excluding carboxylic acids is 1. The minimum absolute atomic E-state index is 0.0356. The number of ether oxygens (including phenoxy) is 1. The topological polar surface area (TPSA) is 76.4 Å². The number of rotatable bonds is 4. The molecular weight excluding hydrogens is 218 g/mol. The summed E-state index contributed by atoms with van der Waals surface area (Å²) in [6.45, 7) is 0.944. The van der Waals surface area contributed by atoms with Gasteiger partial charge >= 0.3 is 0 Å². The van der Waals surface area contributed by atoms with Crippen LogP contribution in [0.5, 0.6) is 5.75 Å². The van der Waals surface area contributed by atoms with E-state index in [4.69, 9.17) is 10.5 Å². The molecule has 0 fully saturated rings. The normalized spacial score (nSPS) is 15.8. The fourth-order valence-electron chi connectivity index (χ4n) is 1.80. The van der Waals surface area contributed by atoms with Crippen LogP contribution in [0.4, 0.5) is 5.69 Å². The van der Waals surface area contributed by atoms with Crippen molar-refractivity contribution in [2.24, 2.45) is 5.73 Å². The first-order valence-corrected chi connectivity index (χ1v) is 5.67. The van der Waals surface area contributed by atoms with Crippen LogP contribution in [0.3, 0.4) is 0 Å². The molecule has 0 bridgehead atoms. The molecule has 1 atom stereocenters.